The molecule has 0 bridgehead atoms. The third-order valence-corrected chi connectivity index (χ3v) is 3.56. The fourth-order valence-electron chi connectivity index (χ4n) is 1.55. The standard InChI is InChI=1S/C12H12N2O4S/c1-3-18-11(17)9-4-13-12-14(10(9)16)5-8(6-19-12)7(2)15/h4-5H,3,6H2,1-2H3. The third kappa shape index (κ3) is 2.60. The van der Waals surface area contributed by atoms with Crippen LogP contribution in [0.5, 0.6) is 0 Å². The number of rotatable bonds is 3. The first-order valence-electron chi connectivity index (χ1n) is 5.67. The van der Waals surface area contributed by atoms with Gasteiger partial charge in [0.05, 0.1) is 12.8 Å². The Morgan fingerprint density at radius 1 is 1.53 bits per heavy atom. The number of hydrogen-bond donors (Lipinski definition) is 0. The van der Waals surface area contributed by atoms with Crippen molar-refractivity contribution in [2.75, 3.05) is 12.4 Å². The van der Waals surface area contributed by atoms with Gasteiger partial charge in [-0.25, -0.2) is 9.78 Å². The minimum atomic E-state index is -0.705. The summed E-state index contributed by atoms with van der Waals surface area (Å²) in [6.07, 6.45) is 2.65. The molecule has 0 saturated heterocycles. The van der Waals surface area contributed by atoms with Crippen LogP contribution in [0.1, 0.15) is 24.2 Å². The van der Waals surface area contributed by atoms with E-state index in [9.17, 15) is 14.4 Å². The quantitative estimate of drug-likeness (QED) is 0.606. The number of nitrogens with zero attached hydrogens (tertiary/aromatic N) is 2. The SMILES string of the molecule is CCOC(=O)c1cnc2n(c1=O)C=C(C(C)=O)CS2. The highest BCUT2D eigenvalue weighted by molar-refractivity contribution is 7.99. The first-order chi connectivity index (χ1) is 9.04. The molecule has 1 aromatic rings. The predicted molar refractivity (Wildman–Crippen MR) is 70.1 cm³/mol. The molecule has 0 amide bonds. The van der Waals surface area contributed by atoms with Crippen LogP contribution in [0, 0.1) is 0 Å². The average Bonchev–Trinajstić information content (AvgIpc) is 2.39. The average molecular weight is 280 g/mol. The van der Waals surface area contributed by atoms with E-state index in [0.29, 0.717) is 16.5 Å². The van der Waals surface area contributed by atoms with E-state index in [1.165, 1.54) is 35.6 Å². The molecule has 0 aromatic carbocycles. The van der Waals surface area contributed by atoms with Crippen LogP contribution in [-0.2, 0) is 9.53 Å². The summed E-state index contributed by atoms with van der Waals surface area (Å²) in [5.41, 5.74) is -0.135. The number of carbonyl (C=O) groups is 2. The first kappa shape index (κ1) is 13.5. The van der Waals surface area contributed by atoms with Crippen LogP contribution in [0.4, 0.5) is 0 Å². The molecule has 1 aliphatic heterocycles. The van der Waals surface area contributed by atoms with Gasteiger partial charge in [0.2, 0.25) is 0 Å². The number of carbonyl (C=O) groups excluding carboxylic acids is 2. The van der Waals surface area contributed by atoms with E-state index in [1.54, 1.807) is 6.92 Å². The number of ketones is 1. The van der Waals surface area contributed by atoms with Gasteiger partial charge in [-0.2, -0.15) is 0 Å². The Hall–Kier alpha value is -1.89. The monoisotopic (exact) mass is 280 g/mol. The van der Waals surface area contributed by atoms with Crippen molar-refractivity contribution in [3.05, 3.63) is 27.7 Å². The van der Waals surface area contributed by atoms with E-state index in [2.05, 4.69) is 4.98 Å². The Bertz CT molecular complexity index is 633. The molecule has 1 aromatic heterocycles. The van der Waals surface area contributed by atoms with Crippen LogP contribution < -0.4 is 5.56 Å². The van der Waals surface area contributed by atoms with Gasteiger partial charge in [-0.15, -0.1) is 0 Å². The van der Waals surface area contributed by atoms with Crippen molar-refractivity contribution in [3.63, 3.8) is 0 Å². The molecule has 0 unspecified atom stereocenters. The van der Waals surface area contributed by atoms with Crippen LogP contribution in [0.2, 0.25) is 0 Å². The van der Waals surface area contributed by atoms with E-state index in [-0.39, 0.29) is 18.0 Å². The molecule has 2 heterocycles. The molecular formula is C12H12N2O4S. The molecule has 0 N–H and O–H groups in total. The summed E-state index contributed by atoms with van der Waals surface area (Å²) in [6.45, 7) is 3.28. The first-order valence-corrected chi connectivity index (χ1v) is 6.66. The zero-order valence-electron chi connectivity index (χ0n) is 10.5. The highest BCUT2D eigenvalue weighted by Gasteiger charge is 2.20. The molecule has 7 heteroatoms. The van der Waals surface area contributed by atoms with Crippen molar-refractivity contribution >= 4 is 29.7 Å². The van der Waals surface area contributed by atoms with E-state index in [0.717, 1.165) is 0 Å². The van der Waals surface area contributed by atoms with Gasteiger partial charge in [-0.1, -0.05) is 11.8 Å². The minimum Gasteiger partial charge on any atom is -0.462 e. The third-order valence-electron chi connectivity index (χ3n) is 2.55. The van der Waals surface area contributed by atoms with E-state index in [1.807, 2.05) is 0 Å². The molecular weight excluding hydrogens is 268 g/mol. The fourth-order valence-corrected chi connectivity index (χ4v) is 2.52. The zero-order chi connectivity index (χ0) is 14.0. The lowest BCUT2D eigenvalue weighted by Gasteiger charge is -2.15. The van der Waals surface area contributed by atoms with Crippen LogP contribution >= 0.6 is 11.8 Å². The number of hydrogen-bond acceptors (Lipinski definition) is 6. The normalized spacial score (nSPS) is 13.5. The highest BCUT2D eigenvalue weighted by atomic mass is 32.2. The Kier molecular flexibility index (Phi) is 3.84. The summed E-state index contributed by atoms with van der Waals surface area (Å²) in [5.74, 6) is -0.337. The van der Waals surface area contributed by atoms with Crippen LogP contribution in [0.25, 0.3) is 6.20 Å². The van der Waals surface area contributed by atoms with Crippen LogP contribution in [0.3, 0.4) is 0 Å². The second-order valence-corrected chi connectivity index (χ2v) is 4.79. The van der Waals surface area contributed by atoms with E-state index < -0.39 is 11.5 Å². The summed E-state index contributed by atoms with van der Waals surface area (Å²) in [6, 6.07) is 0. The largest absolute Gasteiger partial charge is 0.462 e. The van der Waals surface area contributed by atoms with Gasteiger partial charge >= 0.3 is 5.97 Å². The zero-order valence-corrected chi connectivity index (χ0v) is 11.3. The Labute approximate surface area is 113 Å². The Morgan fingerprint density at radius 2 is 2.26 bits per heavy atom. The molecule has 2 rings (SSSR count). The van der Waals surface area contributed by atoms with Crippen molar-refractivity contribution < 1.29 is 14.3 Å². The number of Topliss-reactive ketones (excluding diaryl/α,β-unsaturated/α-hetero) is 1. The summed E-state index contributed by atoms with van der Waals surface area (Å²) < 4.78 is 6.01. The van der Waals surface area contributed by atoms with Gasteiger partial charge in [0.25, 0.3) is 5.56 Å². The summed E-state index contributed by atoms with van der Waals surface area (Å²) in [5, 5.41) is 0.461. The summed E-state index contributed by atoms with van der Waals surface area (Å²) in [7, 11) is 0. The number of thioether (sulfide) groups is 1. The van der Waals surface area contributed by atoms with E-state index in [4.69, 9.17) is 4.74 Å². The maximum atomic E-state index is 12.2. The van der Waals surface area contributed by atoms with Gasteiger partial charge in [0, 0.05) is 17.5 Å². The van der Waals surface area contributed by atoms with Gasteiger partial charge in [0.15, 0.2) is 10.9 Å². The van der Waals surface area contributed by atoms with Crippen molar-refractivity contribution in [2.24, 2.45) is 0 Å². The van der Waals surface area contributed by atoms with Gasteiger partial charge in [-0.3, -0.25) is 14.2 Å². The molecule has 0 atom stereocenters. The van der Waals surface area contributed by atoms with Gasteiger partial charge in [-0.05, 0) is 13.8 Å². The number of ether oxygens (including phenoxy) is 1. The minimum absolute atomic E-state index is 0.105. The van der Waals surface area contributed by atoms with Crippen molar-refractivity contribution in [1.82, 2.24) is 9.55 Å². The number of fused-ring (bicyclic) bond motifs is 1. The predicted octanol–water partition coefficient (Wildman–Crippen LogP) is 0.956. The molecule has 100 valence electrons. The fraction of sp³-hybridized carbons (Fsp3) is 0.333. The highest BCUT2D eigenvalue weighted by Crippen LogP contribution is 2.23. The summed E-state index contributed by atoms with van der Waals surface area (Å²) in [4.78, 5) is 39.1. The van der Waals surface area contributed by atoms with Crippen LogP contribution in [-0.4, -0.2) is 33.7 Å². The van der Waals surface area contributed by atoms with Gasteiger partial charge < -0.3 is 4.74 Å². The van der Waals surface area contributed by atoms with Gasteiger partial charge in [0.1, 0.15) is 5.56 Å². The maximum Gasteiger partial charge on any atom is 0.345 e. The second-order valence-electron chi connectivity index (χ2n) is 3.85. The Balaban J connectivity index is 2.51. The molecule has 0 spiro atoms. The van der Waals surface area contributed by atoms with E-state index >= 15 is 0 Å². The molecule has 1 aliphatic rings. The molecule has 0 fully saturated rings. The summed E-state index contributed by atoms with van der Waals surface area (Å²) >= 11 is 1.28. The number of esters is 1. The second kappa shape index (κ2) is 5.40. The topological polar surface area (TPSA) is 78.3 Å². The van der Waals surface area contributed by atoms with Crippen LogP contribution in [0.15, 0.2) is 21.7 Å². The Morgan fingerprint density at radius 3 is 2.89 bits per heavy atom. The molecule has 0 aliphatic carbocycles. The smallest absolute Gasteiger partial charge is 0.345 e. The maximum absolute atomic E-state index is 12.2. The van der Waals surface area contributed by atoms with Crippen molar-refractivity contribution in [2.45, 2.75) is 19.0 Å². The molecule has 19 heavy (non-hydrogen) atoms. The lowest BCUT2D eigenvalue weighted by atomic mass is 10.2. The van der Waals surface area contributed by atoms with Crippen molar-refractivity contribution in [3.8, 4) is 0 Å². The molecule has 0 radical (unpaired) electrons. The number of aromatic nitrogens is 2. The van der Waals surface area contributed by atoms with Crippen molar-refractivity contribution in [1.29, 1.82) is 0 Å². The lowest BCUT2D eigenvalue weighted by molar-refractivity contribution is -0.113. The lowest BCUT2D eigenvalue weighted by Crippen LogP contribution is -2.29. The molecule has 6 nitrogen and oxygen atoms in total. The molecule has 0 saturated carbocycles.